The number of rotatable bonds is 4. The lowest BCUT2D eigenvalue weighted by Gasteiger charge is -2.24. The molecule has 0 bridgehead atoms. The van der Waals surface area contributed by atoms with Crippen molar-refractivity contribution in [2.24, 2.45) is 5.92 Å². The van der Waals surface area contributed by atoms with Gasteiger partial charge in [-0.2, -0.15) is 0 Å². The first-order valence-corrected chi connectivity index (χ1v) is 8.00. The lowest BCUT2D eigenvalue weighted by Crippen LogP contribution is -2.38. The molecule has 4 heteroatoms. The molecule has 2 fully saturated rings. The molecule has 2 aliphatic rings. The van der Waals surface area contributed by atoms with Gasteiger partial charge in [0.05, 0.1) is 6.10 Å². The van der Waals surface area contributed by atoms with Crippen molar-refractivity contribution in [2.45, 2.75) is 37.3 Å². The first-order valence-electron chi connectivity index (χ1n) is 7.62. The van der Waals surface area contributed by atoms with Gasteiger partial charge in [-0.3, -0.25) is 0 Å². The molecule has 1 saturated carbocycles. The molecule has 4 unspecified atom stereocenters. The van der Waals surface area contributed by atoms with E-state index in [-0.39, 0.29) is 6.10 Å². The lowest BCUT2D eigenvalue weighted by molar-refractivity contribution is 0.144. The second-order valence-corrected chi connectivity index (χ2v) is 6.47. The largest absolute Gasteiger partial charge is 0.391 e. The predicted molar refractivity (Wildman–Crippen MR) is 82.2 cm³/mol. The van der Waals surface area contributed by atoms with Crippen LogP contribution in [0.4, 0.5) is 0 Å². The Kier molecular flexibility index (Phi) is 4.61. The van der Waals surface area contributed by atoms with Crippen molar-refractivity contribution in [3.05, 3.63) is 34.9 Å². The number of hydrogen-bond acceptors (Lipinski definition) is 3. The third kappa shape index (κ3) is 3.01. The quantitative estimate of drug-likeness (QED) is 0.797. The predicted octanol–water partition coefficient (Wildman–Crippen LogP) is 2.15. The highest BCUT2D eigenvalue weighted by Crippen LogP contribution is 2.37. The zero-order valence-corrected chi connectivity index (χ0v) is 12.4. The number of β-amino-alcohol motifs (C(OH)–C–C–N with tert-alkyl or cyclic N) is 1. The van der Waals surface area contributed by atoms with Crippen LogP contribution in [0.25, 0.3) is 0 Å². The van der Waals surface area contributed by atoms with Crippen LogP contribution >= 0.6 is 11.6 Å². The monoisotopic (exact) mass is 294 g/mol. The summed E-state index contributed by atoms with van der Waals surface area (Å²) in [6.07, 6.45) is 3.44. The highest BCUT2D eigenvalue weighted by Gasteiger charge is 2.31. The summed E-state index contributed by atoms with van der Waals surface area (Å²) in [6.45, 7) is 2.53. The highest BCUT2D eigenvalue weighted by molar-refractivity contribution is 6.31. The third-order valence-corrected chi connectivity index (χ3v) is 5.11. The summed E-state index contributed by atoms with van der Waals surface area (Å²) in [6, 6.07) is 8.68. The number of benzene rings is 1. The smallest absolute Gasteiger partial charge is 0.0716 e. The molecule has 20 heavy (non-hydrogen) atoms. The van der Waals surface area contributed by atoms with Gasteiger partial charge in [0, 0.05) is 42.5 Å². The molecule has 0 radical (unpaired) electrons. The van der Waals surface area contributed by atoms with Gasteiger partial charge < -0.3 is 15.7 Å². The Morgan fingerprint density at radius 3 is 2.85 bits per heavy atom. The van der Waals surface area contributed by atoms with Crippen LogP contribution in [0.3, 0.4) is 0 Å². The van der Waals surface area contributed by atoms with E-state index in [2.05, 4.69) is 22.8 Å². The molecule has 3 nitrogen and oxygen atoms in total. The minimum Gasteiger partial charge on any atom is -0.391 e. The van der Waals surface area contributed by atoms with Crippen molar-refractivity contribution in [3.63, 3.8) is 0 Å². The number of halogens is 1. The van der Waals surface area contributed by atoms with Gasteiger partial charge in [-0.15, -0.1) is 0 Å². The van der Waals surface area contributed by atoms with E-state index in [1.54, 1.807) is 0 Å². The summed E-state index contributed by atoms with van der Waals surface area (Å²) in [5, 5.41) is 17.7. The van der Waals surface area contributed by atoms with E-state index in [1.807, 2.05) is 12.1 Å². The molecule has 1 aliphatic carbocycles. The van der Waals surface area contributed by atoms with Gasteiger partial charge in [-0.1, -0.05) is 36.2 Å². The summed E-state index contributed by atoms with van der Waals surface area (Å²) in [4.78, 5) is 0. The normalized spacial score (nSPS) is 33.7. The van der Waals surface area contributed by atoms with E-state index >= 15 is 0 Å². The first-order chi connectivity index (χ1) is 9.75. The molecule has 110 valence electrons. The Hall–Kier alpha value is -0.610. The maximum atomic E-state index is 9.87. The first kappa shape index (κ1) is 14.3. The molecule has 1 aromatic carbocycles. The Morgan fingerprint density at radius 1 is 1.25 bits per heavy atom. The second kappa shape index (κ2) is 6.44. The van der Waals surface area contributed by atoms with Crippen molar-refractivity contribution in [3.8, 4) is 0 Å². The number of aliphatic hydroxyl groups excluding tert-OH is 1. The summed E-state index contributed by atoms with van der Waals surface area (Å²) in [5.41, 5.74) is 1.27. The van der Waals surface area contributed by atoms with Crippen molar-refractivity contribution >= 4 is 11.6 Å². The summed E-state index contributed by atoms with van der Waals surface area (Å²) < 4.78 is 0. The molecule has 3 N–H and O–H groups in total. The maximum absolute atomic E-state index is 9.87. The SMILES string of the molecule is OC1CNCC1CNC1CCCC1c1ccccc1Cl. The van der Waals surface area contributed by atoms with Crippen LogP contribution in [-0.4, -0.2) is 36.9 Å². The van der Waals surface area contributed by atoms with E-state index in [0.717, 1.165) is 24.7 Å². The van der Waals surface area contributed by atoms with Gasteiger partial charge in [-0.05, 0) is 24.5 Å². The van der Waals surface area contributed by atoms with E-state index in [9.17, 15) is 5.11 Å². The Labute approximate surface area is 125 Å². The average Bonchev–Trinajstić information content (AvgIpc) is 3.06. The summed E-state index contributed by atoms with van der Waals surface area (Å²) in [7, 11) is 0. The van der Waals surface area contributed by atoms with Crippen LogP contribution in [0.2, 0.25) is 5.02 Å². The standard InChI is InChI=1S/C16H23ClN2O/c17-14-6-2-1-4-12(14)13-5-3-7-15(13)19-9-11-8-18-10-16(11)20/h1-2,4,6,11,13,15-16,18-20H,3,5,7-10H2. The molecule has 0 amide bonds. The van der Waals surface area contributed by atoms with E-state index in [4.69, 9.17) is 11.6 Å². The molecule has 1 heterocycles. The lowest BCUT2D eigenvalue weighted by atomic mass is 9.93. The highest BCUT2D eigenvalue weighted by atomic mass is 35.5. The van der Waals surface area contributed by atoms with E-state index in [1.165, 1.54) is 24.8 Å². The van der Waals surface area contributed by atoms with Crippen molar-refractivity contribution in [2.75, 3.05) is 19.6 Å². The molecule has 1 aromatic rings. The fourth-order valence-electron chi connectivity index (χ4n) is 3.58. The molecule has 1 saturated heterocycles. The zero-order chi connectivity index (χ0) is 13.9. The molecule has 0 aromatic heterocycles. The topological polar surface area (TPSA) is 44.3 Å². The van der Waals surface area contributed by atoms with Gasteiger partial charge in [0.15, 0.2) is 0 Å². The van der Waals surface area contributed by atoms with Crippen LogP contribution in [-0.2, 0) is 0 Å². The fraction of sp³-hybridized carbons (Fsp3) is 0.625. The van der Waals surface area contributed by atoms with Gasteiger partial charge in [0.2, 0.25) is 0 Å². The minimum absolute atomic E-state index is 0.206. The number of hydrogen-bond donors (Lipinski definition) is 3. The van der Waals surface area contributed by atoms with Crippen LogP contribution in [0.1, 0.15) is 30.7 Å². The third-order valence-electron chi connectivity index (χ3n) is 4.77. The van der Waals surface area contributed by atoms with Crippen LogP contribution in [0.15, 0.2) is 24.3 Å². The average molecular weight is 295 g/mol. The van der Waals surface area contributed by atoms with Crippen molar-refractivity contribution in [1.29, 1.82) is 0 Å². The Bertz CT molecular complexity index is 454. The zero-order valence-electron chi connectivity index (χ0n) is 11.7. The van der Waals surface area contributed by atoms with Gasteiger partial charge >= 0.3 is 0 Å². The summed E-state index contributed by atoms with van der Waals surface area (Å²) >= 11 is 6.34. The number of aliphatic hydroxyl groups is 1. The van der Waals surface area contributed by atoms with Gasteiger partial charge in [0.1, 0.15) is 0 Å². The van der Waals surface area contributed by atoms with Gasteiger partial charge in [0.25, 0.3) is 0 Å². The van der Waals surface area contributed by atoms with Gasteiger partial charge in [-0.25, -0.2) is 0 Å². The molecule has 3 rings (SSSR count). The van der Waals surface area contributed by atoms with Crippen LogP contribution in [0, 0.1) is 5.92 Å². The molecular weight excluding hydrogens is 272 g/mol. The molecular formula is C16H23ClN2O. The van der Waals surface area contributed by atoms with Crippen molar-refractivity contribution in [1.82, 2.24) is 10.6 Å². The van der Waals surface area contributed by atoms with Crippen LogP contribution < -0.4 is 10.6 Å². The van der Waals surface area contributed by atoms with Crippen LogP contribution in [0.5, 0.6) is 0 Å². The number of nitrogens with one attached hydrogen (secondary N) is 2. The maximum Gasteiger partial charge on any atom is 0.0716 e. The van der Waals surface area contributed by atoms with Crippen molar-refractivity contribution < 1.29 is 5.11 Å². The Balaban J connectivity index is 1.62. The molecule has 4 atom stereocenters. The second-order valence-electron chi connectivity index (χ2n) is 6.06. The van der Waals surface area contributed by atoms with E-state index in [0.29, 0.717) is 17.9 Å². The Morgan fingerprint density at radius 2 is 2.10 bits per heavy atom. The fourth-order valence-corrected chi connectivity index (χ4v) is 3.86. The molecule has 1 aliphatic heterocycles. The molecule has 0 spiro atoms. The minimum atomic E-state index is -0.206. The van der Waals surface area contributed by atoms with E-state index < -0.39 is 0 Å². The summed E-state index contributed by atoms with van der Waals surface area (Å²) in [5.74, 6) is 0.845.